The van der Waals surface area contributed by atoms with Crippen LogP contribution in [-0.2, 0) is 6.42 Å². The zero-order valence-electron chi connectivity index (χ0n) is 11.2. The molecule has 0 aliphatic carbocycles. The van der Waals surface area contributed by atoms with Crippen LogP contribution in [0.25, 0.3) is 0 Å². The third-order valence-electron chi connectivity index (χ3n) is 2.94. The van der Waals surface area contributed by atoms with Gasteiger partial charge in [-0.25, -0.2) is 0 Å². The van der Waals surface area contributed by atoms with Crippen LogP contribution >= 0.6 is 11.6 Å². The van der Waals surface area contributed by atoms with E-state index in [-0.39, 0.29) is 6.04 Å². The van der Waals surface area contributed by atoms with Crippen molar-refractivity contribution in [3.05, 3.63) is 58.6 Å². The molecule has 1 aromatic heterocycles. The Hall–Kier alpha value is -1.45. The molecule has 1 N–H and O–H groups in total. The molecule has 0 bridgehead atoms. The molecular weight excluding hydrogens is 258 g/mol. The van der Waals surface area contributed by atoms with Crippen LogP contribution in [-0.4, -0.2) is 16.5 Å². The summed E-state index contributed by atoms with van der Waals surface area (Å²) >= 11 is 6.02. The van der Waals surface area contributed by atoms with Gasteiger partial charge in [0.15, 0.2) is 0 Å². The fourth-order valence-corrected chi connectivity index (χ4v) is 2.22. The highest BCUT2D eigenvalue weighted by Gasteiger charge is 2.13. The van der Waals surface area contributed by atoms with Crippen molar-refractivity contribution in [3.63, 3.8) is 0 Å². The van der Waals surface area contributed by atoms with Gasteiger partial charge in [-0.3, -0.25) is 9.97 Å². The Morgan fingerprint density at radius 3 is 2.74 bits per heavy atom. The largest absolute Gasteiger partial charge is 0.309 e. The van der Waals surface area contributed by atoms with Gasteiger partial charge in [-0.2, -0.15) is 0 Å². The number of halogens is 1. The van der Waals surface area contributed by atoms with Crippen molar-refractivity contribution in [1.82, 2.24) is 15.3 Å². The Balaban J connectivity index is 2.18. The van der Waals surface area contributed by atoms with Crippen LogP contribution in [0.15, 0.2) is 36.7 Å². The fourth-order valence-electron chi connectivity index (χ4n) is 2.01. The van der Waals surface area contributed by atoms with Crippen molar-refractivity contribution in [2.24, 2.45) is 0 Å². The van der Waals surface area contributed by atoms with E-state index in [1.54, 1.807) is 6.20 Å². The highest BCUT2D eigenvalue weighted by Crippen LogP contribution is 2.18. The normalized spacial score (nSPS) is 12.4. The van der Waals surface area contributed by atoms with Crippen LogP contribution in [0.3, 0.4) is 0 Å². The lowest BCUT2D eigenvalue weighted by Crippen LogP contribution is -2.24. The molecule has 1 aromatic carbocycles. The zero-order valence-corrected chi connectivity index (χ0v) is 12.0. The smallest absolute Gasteiger partial charge is 0.0759 e. The molecule has 0 saturated carbocycles. The van der Waals surface area contributed by atoms with E-state index in [2.05, 4.69) is 28.3 Å². The summed E-state index contributed by atoms with van der Waals surface area (Å²) in [5, 5.41) is 4.21. The number of rotatable bonds is 5. The molecule has 19 heavy (non-hydrogen) atoms. The molecule has 1 atom stereocenters. The lowest BCUT2D eigenvalue weighted by Gasteiger charge is -2.17. The summed E-state index contributed by atoms with van der Waals surface area (Å²) in [6, 6.07) is 8.10. The first-order valence-corrected chi connectivity index (χ1v) is 6.83. The van der Waals surface area contributed by atoms with Crippen LogP contribution in [0.4, 0.5) is 0 Å². The van der Waals surface area contributed by atoms with Crippen LogP contribution in [0.1, 0.15) is 29.9 Å². The average Bonchev–Trinajstić information content (AvgIpc) is 2.39. The van der Waals surface area contributed by atoms with Gasteiger partial charge in [-0.15, -0.1) is 0 Å². The Morgan fingerprint density at radius 1 is 1.26 bits per heavy atom. The second kappa shape index (κ2) is 6.64. The zero-order chi connectivity index (χ0) is 13.7. The van der Waals surface area contributed by atoms with Gasteiger partial charge >= 0.3 is 0 Å². The summed E-state index contributed by atoms with van der Waals surface area (Å²) in [4.78, 5) is 8.77. The quantitative estimate of drug-likeness (QED) is 0.909. The molecular formula is C15H18ClN3. The Kier molecular flexibility index (Phi) is 4.88. The third-order valence-corrected chi connectivity index (χ3v) is 3.17. The molecule has 0 saturated heterocycles. The number of nitrogens with zero attached hydrogens (tertiary/aromatic N) is 2. The highest BCUT2D eigenvalue weighted by atomic mass is 35.5. The molecule has 4 heteroatoms. The number of hydrogen-bond acceptors (Lipinski definition) is 3. The van der Waals surface area contributed by atoms with Gasteiger partial charge in [0, 0.05) is 11.2 Å². The van der Waals surface area contributed by atoms with E-state index in [1.165, 1.54) is 5.56 Å². The van der Waals surface area contributed by atoms with E-state index in [1.807, 2.05) is 31.3 Å². The summed E-state index contributed by atoms with van der Waals surface area (Å²) in [5.74, 6) is 0. The lowest BCUT2D eigenvalue weighted by molar-refractivity contribution is 0.534. The van der Waals surface area contributed by atoms with E-state index in [4.69, 9.17) is 11.6 Å². The number of nitrogens with one attached hydrogen (secondary N) is 1. The summed E-state index contributed by atoms with van der Waals surface area (Å²) in [6.07, 6.45) is 4.50. The first kappa shape index (κ1) is 14.0. The van der Waals surface area contributed by atoms with Crippen LogP contribution in [0.5, 0.6) is 0 Å². The summed E-state index contributed by atoms with van der Waals surface area (Å²) in [7, 11) is 0. The molecule has 2 rings (SSSR count). The SMILES string of the molecule is CCNC(Cc1cccc(Cl)c1)c1cnc(C)cn1. The van der Waals surface area contributed by atoms with Crippen molar-refractivity contribution in [2.45, 2.75) is 26.3 Å². The minimum absolute atomic E-state index is 0.163. The first-order valence-electron chi connectivity index (χ1n) is 6.45. The molecule has 0 radical (unpaired) electrons. The molecule has 0 aliphatic rings. The third kappa shape index (κ3) is 4.01. The van der Waals surface area contributed by atoms with Gasteiger partial charge in [0.2, 0.25) is 0 Å². The van der Waals surface area contributed by atoms with E-state index in [0.29, 0.717) is 0 Å². The van der Waals surface area contributed by atoms with Crippen molar-refractivity contribution in [1.29, 1.82) is 0 Å². The average molecular weight is 276 g/mol. The number of likely N-dealkylation sites (N-methyl/N-ethyl adjacent to an activating group) is 1. The maximum atomic E-state index is 6.02. The second-order valence-electron chi connectivity index (χ2n) is 4.53. The van der Waals surface area contributed by atoms with Gasteiger partial charge in [0.25, 0.3) is 0 Å². The highest BCUT2D eigenvalue weighted by molar-refractivity contribution is 6.30. The van der Waals surface area contributed by atoms with Crippen molar-refractivity contribution in [3.8, 4) is 0 Å². The van der Waals surface area contributed by atoms with E-state index >= 15 is 0 Å². The monoisotopic (exact) mass is 275 g/mol. The number of benzene rings is 1. The molecule has 1 unspecified atom stereocenters. The standard InChI is InChI=1S/C15H18ClN3/c1-3-17-14(15-10-18-11(2)9-19-15)8-12-5-4-6-13(16)7-12/h4-7,9-10,14,17H,3,8H2,1-2H3. The lowest BCUT2D eigenvalue weighted by atomic mass is 10.0. The summed E-state index contributed by atoms with van der Waals surface area (Å²) < 4.78 is 0. The van der Waals surface area contributed by atoms with Gasteiger partial charge in [0.05, 0.1) is 23.6 Å². The number of aromatic nitrogens is 2. The maximum Gasteiger partial charge on any atom is 0.0759 e. The number of hydrogen-bond donors (Lipinski definition) is 1. The minimum atomic E-state index is 0.163. The summed E-state index contributed by atoms with van der Waals surface area (Å²) in [5.41, 5.74) is 3.09. The molecule has 0 aliphatic heterocycles. The topological polar surface area (TPSA) is 37.8 Å². The Morgan fingerprint density at radius 2 is 2.11 bits per heavy atom. The van der Waals surface area contributed by atoms with Crippen molar-refractivity contribution in [2.75, 3.05) is 6.54 Å². The Labute approximate surface area is 119 Å². The summed E-state index contributed by atoms with van der Waals surface area (Å²) in [6.45, 7) is 4.92. The van der Waals surface area contributed by atoms with E-state index in [9.17, 15) is 0 Å². The van der Waals surface area contributed by atoms with Crippen LogP contribution < -0.4 is 5.32 Å². The molecule has 0 fully saturated rings. The van der Waals surface area contributed by atoms with Crippen molar-refractivity contribution < 1.29 is 0 Å². The van der Waals surface area contributed by atoms with E-state index in [0.717, 1.165) is 29.4 Å². The Bertz CT molecular complexity index is 525. The second-order valence-corrected chi connectivity index (χ2v) is 4.96. The van der Waals surface area contributed by atoms with Gasteiger partial charge in [-0.05, 0) is 37.6 Å². The molecule has 3 nitrogen and oxygen atoms in total. The minimum Gasteiger partial charge on any atom is -0.309 e. The van der Waals surface area contributed by atoms with E-state index < -0.39 is 0 Å². The van der Waals surface area contributed by atoms with Crippen LogP contribution in [0, 0.1) is 6.92 Å². The molecule has 2 aromatic rings. The fraction of sp³-hybridized carbons (Fsp3) is 0.333. The van der Waals surface area contributed by atoms with Gasteiger partial charge in [-0.1, -0.05) is 30.7 Å². The molecule has 1 heterocycles. The molecule has 0 amide bonds. The molecule has 100 valence electrons. The predicted octanol–water partition coefficient (Wildman–Crippen LogP) is 3.33. The number of aryl methyl sites for hydroxylation is 1. The predicted molar refractivity (Wildman–Crippen MR) is 78.3 cm³/mol. The van der Waals surface area contributed by atoms with Gasteiger partial charge < -0.3 is 5.32 Å². The van der Waals surface area contributed by atoms with Gasteiger partial charge in [0.1, 0.15) is 0 Å². The molecule has 0 spiro atoms. The first-order chi connectivity index (χ1) is 9.19. The maximum absolute atomic E-state index is 6.02. The van der Waals surface area contributed by atoms with Crippen LogP contribution in [0.2, 0.25) is 5.02 Å². The van der Waals surface area contributed by atoms with Crippen molar-refractivity contribution >= 4 is 11.6 Å².